The zero-order chi connectivity index (χ0) is 12.8. The zero-order valence-electron chi connectivity index (χ0n) is 10.4. The Labute approximate surface area is 102 Å². The van der Waals surface area contributed by atoms with Crippen molar-refractivity contribution in [2.45, 2.75) is 39.3 Å². The molecule has 0 aliphatic carbocycles. The van der Waals surface area contributed by atoms with Crippen LogP contribution in [0.5, 0.6) is 5.75 Å². The number of benzene rings is 1. The van der Waals surface area contributed by atoms with E-state index in [0.29, 0.717) is 0 Å². The molecule has 1 amide bonds. The van der Waals surface area contributed by atoms with Crippen molar-refractivity contribution >= 4 is 6.09 Å². The van der Waals surface area contributed by atoms with E-state index in [1.165, 1.54) is 0 Å². The highest BCUT2D eigenvalue weighted by Gasteiger charge is 2.11. The normalized spacial score (nSPS) is 12.2. The van der Waals surface area contributed by atoms with Gasteiger partial charge in [0.15, 0.2) is 0 Å². The van der Waals surface area contributed by atoms with Gasteiger partial charge in [0.1, 0.15) is 5.75 Å². The molecule has 0 heterocycles. The average molecular weight is 237 g/mol. The molecule has 1 atom stereocenters. The molecule has 0 spiro atoms. The van der Waals surface area contributed by atoms with Crippen LogP contribution in [0.2, 0.25) is 0 Å². The maximum Gasteiger partial charge on any atom is 0.405 e. The van der Waals surface area contributed by atoms with Gasteiger partial charge in [-0.2, -0.15) is 0 Å². The lowest BCUT2D eigenvalue weighted by atomic mass is 10.0. The van der Waals surface area contributed by atoms with E-state index in [2.05, 4.69) is 5.32 Å². The lowest BCUT2D eigenvalue weighted by Crippen LogP contribution is -2.26. The Morgan fingerprint density at radius 3 is 2.35 bits per heavy atom. The SMILES string of the molecule is CCC(NC(=O)O)c1ccc(OC(C)C)cc1. The maximum atomic E-state index is 10.6. The van der Waals surface area contributed by atoms with E-state index < -0.39 is 6.09 Å². The van der Waals surface area contributed by atoms with E-state index in [4.69, 9.17) is 9.84 Å². The topological polar surface area (TPSA) is 58.6 Å². The lowest BCUT2D eigenvalue weighted by Gasteiger charge is -2.16. The molecule has 1 unspecified atom stereocenters. The minimum atomic E-state index is -1.00. The zero-order valence-corrected chi connectivity index (χ0v) is 10.4. The molecule has 17 heavy (non-hydrogen) atoms. The Morgan fingerprint density at radius 1 is 1.35 bits per heavy atom. The molecule has 0 fully saturated rings. The van der Waals surface area contributed by atoms with Crippen LogP contribution in [0, 0.1) is 0 Å². The molecule has 2 N–H and O–H groups in total. The summed E-state index contributed by atoms with van der Waals surface area (Å²) >= 11 is 0. The molecule has 0 saturated heterocycles. The number of ether oxygens (including phenoxy) is 1. The molecule has 1 aromatic carbocycles. The van der Waals surface area contributed by atoms with Crippen molar-refractivity contribution in [3.8, 4) is 5.75 Å². The minimum Gasteiger partial charge on any atom is -0.491 e. The number of carboxylic acid groups (broad SMARTS) is 1. The first kappa shape index (κ1) is 13.4. The predicted octanol–water partition coefficient (Wildman–Crippen LogP) is 3.19. The minimum absolute atomic E-state index is 0.139. The molecule has 0 saturated carbocycles. The third-order valence-electron chi connectivity index (χ3n) is 2.36. The molecule has 94 valence electrons. The van der Waals surface area contributed by atoms with E-state index in [1.54, 1.807) is 0 Å². The van der Waals surface area contributed by atoms with Crippen molar-refractivity contribution in [1.82, 2.24) is 5.32 Å². The first-order chi connectivity index (χ1) is 8.02. The molecule has 1 aromatic rings. The quantitative estimate of drug-likeness (QED) is 0.826. The maximum absolute atomic E-state index is 10.6. The third kappa shape index (κ3) is 4.34. The highest BCUT2D eigenvalue weighted by atomic mass is 16.5. The van der Waals surface area contributed by atoms with Crippen LogP contribution in [0.15, 0.2) is 24.3 Å². The fourth-order valence-electron chi connectivity index (χ4n) is 1.62. The van der Waals surface area contributed by atoms with Crippen molar-refractivity contribution < 1.29 is 14.6 Å². The second-order valence-electron chi connectivity index (χ2n) is 4.15. The van der Waals surface area contributed by atoms with Gasteiger partial charge in [0.05, 0.1) is 12.1 Å². The Morgan fingerprint density at radius 2 is 1.94 bits per heavy atom. The molecule has 0 aromatic heterocycles. The highest BCUT2D eigenvalue weighted by Crippen LogP contribution is 2.20. The summed E-state index contributed by atoms with van der Waals surface area (Å²) in [7, 11) is 0. The molecular formula is C13H19NO3. The van der Waals surface area contributed by atoms with Crippen LogP contribution in [-0.2, 0) is 0 Å². The van der Waals surface area contributed by atoms with E-state index in [-0.39, 0.29) is 12.1 Å². The van der Waals surface area contributed by atoms with E-state index in [0.717, 1.165) is 17.7 Å². The Bertz CT molecular complexity index is 359. The van der Waals surface area contributed by atoms with Crippen LogP contribution in [-0.4, -0.2) is 17.3 Å². The van der Waals surface area contributed by atoms with Gasteiger partial charge in [0, 0.05) is 0 Å². The summed E-state index contributed by atoms with van der Waals surface area (Å²) < 4.78 is 5.53. The lowest BCUT2D eigenvalue weighted by molar-refractivity contribution is 0.189. The summed E-state index contributed by atoms with van der Waals surface area (Å²) in [6.45, 7) is 5.88. The number of rotatable bonds is 5. The molecular weight excluding hydrogens is 218 g/mol. The largest absolute Gasteiger partial charge is 0.491 e. The van der Waals surface area contributed by atoms with Gasteiger partial charge in [-0.1, -0.05) is 19.1 Å². The van der Waals surface area contributed by atoms with Gasteiger partial charge in [-0.3, -0.25) is 0 Å². The van der Waals surface area contributed by atoms with Crippen molar-refractivity contribution in [2.75, 3.05) is 0 Å². The number of amides is 1. The van der Waals surface area contributed by atoms with Crippen molar-refractivity contribution in [1.29, 1.82) is 0 Å². The monoisotopic (exact) mass is 237 g/mol. The standard InChI is InChI=1S/C13H19NO3/c1-4-12(14-13(15)16)10-5-7-11(8-6-10)17-9(2)3/h5-9,12,14H,4H2,1-3H3,(H,15,16). The average Bonchev–Trinajstić information content (AvgIpc) is 2.26. The molecule has 0 bridgehead atoms. The smallest absolute Gasteiger partial charge is 0.405 e. The molecule has 1 rings (SSSR count). The van der Waals surface area contributed by atoms with Crippen molar-refractivity contribution in [2.24, 2.45) is 0 Å². The number of hydrogen-bond donors (Lipinski definition) is 2. The first-order valence-electron chi connectivity index (χ1n) is 5.79. The van der Waals surface area contributed by atoms with Gasteiger partial charge >= 0.3 is 6.09 Å². The summed E-state index contributed by atoms with van der Waals surface area (Å²) in [5.41, 5.74) is 0.950. The van der Waals surface area contributed by atoms with E-state index in [9.17, 15) is 4.79 Å². The summed E-state index contributed by atoms with van der Waals surface area (Å²) in [5, 5.41) is 11.2. The highest BCUT2D eigenvalue weighted by molar-refractivity contribution is 5.65. The van der Waals surface area contributed by atoms with Crippen LogP contribution in [0.25, 0.3) is 0 Å². The molecule has 4 nitrogen and oxygen atoms in total. The summed E-state index contributed by atoms with van der Waals surface area (Å²) in [6, 6.07) is 7.34. The summed E-state index contributed by atoms with van der Waals surface area (Å²) in [6.07, 6.45) is -0.143. The van der Waals surface area contributed by atoms with Gasteiger partial charge in [0.2, 0.25) is 0 Å². The van der Waals surface area contributed by atoms with E-state index in [1.807, 2.05) is 45.0 Å². The third-order valence-corrected chi connectivity index (χ3v) is 2.36. The number of hydrogen-bond acceptors (Lipinski definition) is 2. The van der Waals surface area contributed by atoms with Gasteiger partial charge in [-0.25, -0.2) is 4.79 Å². The van der Waals surface area contributed by atoms with Crippen molar-refractivity contribution in [3.05, 3.63) is 29.8 Å². The first-order valence-corrected chi connectivity index (χ1v) is 5.79. The molecule has 0 aliphatic heterocycles. The predicted molar refractivity (Wildman–Crippen MR) is 66.4 cm³/mol. The van der Waals surface area contributed by atoms with Crippen LogP contribution in [0.4, 0.5) is 4.79 Å². The van der Waals surface area contributed by atoms with Crippen LogP contribution in [0.1, 0.15) is 38.8 Å². The van der Waals surface area contributed by atoms with Gasteiger partial charge in [-0.15, -0.1) is 0 Å². The second-order valence-corrected chi connectivity index (χ2v) is 4.15. The van der Waals surface area contributed by atoms with Gasteiger partial charge in [-0.05, 0) is 38.0 Å². The summed E-state index contributed by atoms with van der Waals surface area (Å²) in [5.74, 6) is 0.800. The Hall–Kier alpha value is -1.71. The second kappa shape index (κ2) is 6.13. The molecule has 0 radical (unpaired) electrons. The van der Waals surface area contributed by atoms with Gasteiger partial charge in [0.25, 0.3) is 0 Å². The van der Waals surface area contributed by atoms with Crippen LogP contribution >= 0.6 is 0 Å². The molecule has 0 aliphatic rings. The van der Waals surface area contributed by atoms with Crippen molar-refractivity contribution in [3.63, 3.8) is 0 Å². The number of nitrogens with one attached hydrogen (secondary N) is 1. The Balaban J connectivity index is 2.74. The van der Waals surface area contributed by atoms with Gasteiger partial charge < -0.3 is 15.2 Å². The fourth-order valence-corrected chi connectivity index (χ4v) is 1.62. The van der Waals surface area contributed by atoms with Crippen LogP contribution in [0.3, 0.4) is 0 Å². The fraction of sp³-hybridized carbons (Fsp3) is 0.462. The van der Waals surface area contributed by atoms with E-state index >= 15 is 0 Å². The molecule has 4 heteroatoms. The summed E-state index contributed by atoms with van der Waals surface area (Å²) in [4.78, 5) is 10.6. The number of carbonyl (C=O) groups is 1. The van der Waals surface area contributed by atoms with Crippen LogP contribution < -0.4 is 10.1 Å². The Kier molecular flexibility index (Phi) is 4.82.